The van der Waals surface area contributed by atoms with Crippen molar-refractivity contribution in [3.05, 3.63) is 54.1 Å². The summed E-state index contributed by atoms with van der Waals surface area (Å²) in [4.78, 5) is 1.89. The van der Waals surface area contributed by atoms with Crippen LogP contribution in [0.25, 0.3) is 5.57 Å². The first-order valence-electron chi connectivity index (χ1n) is 7.53. The number of aliphatic hydroxyl groups excluding tert-OH is 1. The average molecular weight is 350 g/mol. The molecule has 7 heteroatoms. The van der Waals surface area contributed by atoms with Crippen molar-refractivity contribution in [2.45, 2.75) is 19.1 Å². The largest absolute Gasteiger partial charge is 0.454 e. The molecule has 0 bridgehead atoms. The molecule has 0 spiro atoms. The summed E-state index contributed by atoms with van der Waals surface area (Å²) in [6.07, 6.45) is 4.38. The minimum absolute atomic E-state index is 0.00885. The van der Waals surface area contributed by atoms with Gasteiger partial charge in [-0.3, -0.25) is 9.05 Å². The van der Waals surface area contributed by atoms with E-state index in [0.29, 0.717) is 12.3 Å². The zero-order valence-corrected chi connectivity index (χ0v) is 15.1. The molecule has 1 aliphatic rings. The second kappa shape index (κ2) is 7.90. The number of nitrogens with zero attached hydrogens (tertiary/aromatic N) is 2. The quantitative estimate of drug-likeness (QED) is 0.630. The fourth-order valence-electron chi connectivity index (χ4n) is 2.50. The van der Waals surface area contributed by atoms with Gasteiger partial charge in [0.2, 0.25) is 0 Å². The number of amidine groups is 1. The van der Waals surface area contributed by atoms with Crippen molar-refractivity contribution in [3.63, 3.8) is 0 Å². The third kappa shape index (κ3) is 4.02. The van der Waals surface area contributed by atoms with E-state index in [0.717, 1.165) is 16.7 Å². The summed E-state index contributed by atoms with van der Waals surface area (Å²) in [5.74, 6) is 0.607. The van der Waals surface area contributed by atoms with E-state index in [1.807, 2.05) is 36.2 Å². The Balaban J connectivity index is 2.41. The first kappa shape index (κ1) is 18.6. The molecule has 1 N–H and O–H groups in total. The maximum absolute atomic E-state index is 12.4. The second-order valence-electron chi connectivity index (χ2n) is 5.41. The van der Waals surface area contributed by atoms with E-state index in [2.05, 4.69) is 17.4 Å². The van der Waals surface area contributed by atoms with Crippen LogP contribution in [0.1, 0.15) is 17.5 Å². The van der Waals surface area contributed by atoms with Gasteiger partial charge in [0, 0.05) is 27.7 Å². The molecular formula is C17H23N2O4P. The number of benzene rings is 1. The summed E-state index contributed by atoms with van der Waals surface area (Å²) >= 11 is 0. The molecule has 1 aromatic rings. The SMILES string of the molecule is C=CC1C=C(c2ccc(CO)cc2)C/C(=N/P(=O)(OC)OC)N1C. The molecule has 0 aliphatic carbocycles. The lowest BCUT2D eigenvalue weighted by molar-refractivity contribution is 0.276. The van der Waals surface area contributed by atoms with E-state index in [4.69, 9.17) is 14.2 Å². The van der Waals surface area contributed by atoms with Gasteiger partial charge in [-0.1, -0.05) is 36.4 Å². The van der Waals surface area contributed by atoms with Crippen LogP contribution < -0.4 is 0 Å². The fourth-order valence-corrected chi connectivity index (χ4v) is 3.30. The monoisotopic (exact) mass is 350 g/mol. The van der Waals surface area contributed by atoms with Gasteiger partial charge in [-0.2, -0.15) is 4.76 Å². The second-order valence-corrected chi connectivity index (χ2v) is 7.28. The van der Waals surface area contributed by atoms with E-state index in [9.17, 15) is 4.57 Å². The van der Waals surface area contributed by atoms with Crippen LogP contribution >= 0.6 is 7.75 Å². The summed E-state index contributed by atoms with van der Waals surface area (Å²) in [6, 6.07) is 7.58. The maximum Gasteiger partial charge on any atom is 0.454 e. The minimum atomic E-state index is -3.50. The Labute approximate surface area is 142 Å². The molecule has 1 atom stereocenters. The standard InChI is InChI=1S/C17H23N2O4P/c1-5-16-10-15(14-8-6-13(12-20)7-9-14)11-17(19(16)2)18-24(21,22-3)23-4/h5-10,16,20H,1,11-12H2,2-4H3/b18-17-. The van der Waals surface area contributed by atoms with Gasteiger partial charge < -0.3 is 10.0 Å². The predicted molar refractivity (Wildman–Crippen MR) is 95.8 cm³/mol. The lowest BCUT2D eigenvalue weighted by Gasteiger charge is -2.33. The molecule has 0 radical (unpaired) electrons. The normalized spacial score (nSPS) is 20.2. The molecular weight excluding hydrogens is 327 g/mol. The van der Waals surface area contributed by atoms with Crippen molar-refractivity contribution in [1.82, 2.24) is 4.90 Å². The van der Waals surface area contributed by atoms with Crippen molar-refractivity contribution in [2.75, 3.05) is 21.3 Å². The Hall–Kier alpha value is -1.72. The molecule has 0 fully saturated rings. The van der Waals surface area contributed by atoms with Crippen LogP contribution in [0, 0.1) is 0 Å². The van der Waals surface area contributed by atoms with Gasteiger partial charge in [0.1, 0.15) is 5.84 Å². The molecule has 0 aromatic heterocycles. The molecule has 1 unspecified atom stereocenters. The Morgan fingerprint density at radius 1 is 1.38 bits per heavy atom. The number of aliphatic hydroxyl groups is 1. The zero-order chi connectivity index (χ0) is 17.7. The van der Waals surface area contributed by atoms with Crippen LogP contribution in [-0.4, -0.2) is 43.2 Å². The number of rotatable bonds is 6. The van der Waals surface area contributed by atoms with Gasteiger partial charge >= 0.3 is 7.75 Å². The van der Waals surface area contributed by atoms with Crippen LogP contribution in [-0.2, 0) is 20.2 Å². The van der Waals surface area contributed by atoms with Crippen molar-refractivity contribution >= 4 is 19.2 Å². The Morgan fingerprint density at radius 2 is 2.00 bits per heavy atom. The molecule has 0 amide bonds. The van der Waals surface area contributed by atoms with Crippen LogP contribution in [0.15, 0.2) is 47.8 Å². The van der Waals surface area contributed by atoms with E-state index < -0.39 is 7.75 Å². The van der Waals surface area contributed by atoms with Gasteiger partial charge in [-0.15, -0.1) is 6.58 Å². The lowest BCUT2D eigenvalue weighted by atomic mass is 9.94. The van der Waals surface area contributed by atoms with E-state index in [1.54, 1.807) is 6.08 Å². The summed E-state index contributed by atoms with van der Waals surface area (Å²) in [5, 5.41) is 9.17. The molecule has 0 saturated carbocycles. The van der Waals surface area contributed by atoms with Crippen molar-refractivity contribution < 1.29 is 18.7 Å². The van der Waals surface area contributed by atoms with E-state index in [-0.39, 0.29) is 12.6 Å². The molecule has 130 valence electrons. The molecule has 2 rings (SSSR count). The van der Waals surface area contributed by atoms with Gasteiger partial charge in [-0.05, 0) is 16.7 Å². The van der Waals surface area contributed by atoms with E-state index in [1.165, 1.54) is 14.2 Å². The van der Waals surface area contributed by atoms with Crippen LogP contribution in [0.5, 0.6) is 0 Å². The van der Waals surface area contributed by atoms with Gasteiger partial charge in [0.05, 0.1) is 12.6 Å². The van der Waals surface area contributed by atoms with Crippen molar-refractivity contribution in [1.29, 1.82) is 0 Å². The summed E-state index contributed by atoms with van der Waals surface area (Å²) in [6.45, 7) is 3.86. The Morgan fingerprint density at radius 3 is 2.50 bits per heavy atom. The lowest BCUT2D eigenvalue weighted by Crippen LogP contribution is -2.38. The highest BCUT2D eigenvalue weighted by Crippen LogP contribution is 2.49. The molecule has 1 aliphatic heterocycles. The first-order valence-corrected chi connectivity index (χ1v) is 9.02. The Kier molecular flexibility index (Phi) is 6.13. The summed E-state index contributed by atoms with van der Waals surface area (Å²) in [7, 11) is 0.985. The fraction of sp³-hybridized carbons (Fsp3) is 0.353. The van der Waals surface area contributed by atoms with Gasteiger partial charge in [0.15, 0.2) is 0 Å². The van der Waals surface area contributed by atoms with Crippen LogP contribution in [0.4, 0.5) is 0 Å². The highest BCUT2D eigenvalue weighted by molar-refractivity contribution is 7.52. The molecule has 0 saturated heterocycles. The average Bonchev–Trinajstić information content (AvgIpc) is 2.63. The third-order valence-electron chi connectivity index (χ3n) is 4.02. The Bertz CT molecular complexity index is 689. The molecule has 24 heavy (non-hydrogen) atoms. The molecule has 1 heterocycles. The summed E-state index contributed by atoms with van der Waals surface area (Å²) in [5.41, 5.74) is 2.91. The molecule has 1 aromatic carbocycles. The van der Waals surface area contributed by atoms with Gasteiger partial charge in [-0.25, -0.2) is 4.57 Å². The van der Waals surface area contributed by atoms with Crippen molar-refractivity contribution in [3.8, 4) is 0 Å². The predicted octanol–water partition coefficient (Wildman–Crippen LogP) is 3.25. The zero-order valence-electron chi connectivity index (χ0n) is 14.2. The van der Waals surface area contributed by atoms with Gasteiger partial charge in [0.25, 0.3) is 0 Å². The highest BCUT2D eigenvalue weighted by Gasteiger charge is 2.27. The third-order valence-corrected chi connectivity index (χ3v) is 5.42. The number of hydrogen-bond donors (Lipinski definition) is 1. The molecule has 6 nitrogen and oxygen atoms in total. The highest BCUT2D eigenvalue weighted by atomic mass is 31.2. The van der Waals surface area contributed by atoms with E-state index >= 15 is 0 Å². The van der Waals surface area contributed by atoms with Crippen LogP contribution in [0.2, 0.25) is 0 Å². The topological polar surface area (TPSA) is 71.4 Å². The number of likely N-dealkylation sites (N-methyl/N-ethyl adjacent to an activating group) is 1. The van der Waals surface area contributed by atoms with Crippen LogP contribution in [0.3, 0.4) is 0 Å². The maximum atomic E-state index is 12.4. The first-order chi connectivity index (χ1) is 11.5. The number of hydrogen-bond acceptors (Lipinski definition) is 4. The smallest absolute Gasteiger partial charge is 0.392 e. The minimum Gasteiger partial charge on any atom is -0.392 e. The summed E-state index contributed by atoms with van der Waals surface area (Å²) < 4.78 is 26.4. The van der Waals surface area contributed by atoms with Crippen molar-refractivity contribution in [2.24, 2.45) is 4.76 Å².